The van der Waals surface area contributed by atoms with Crippen LogP contribution in [0.1, 0.15) is 38.5 Å². The minimum Gasteiger partial charge on any atom is -0.467 e. The SMILES string of the molecule is CC1CCN(C(=O)C(C)N)C(c2ccco2)C1. The number of amides is 1. The Morgan fingerprint density at radius 1 is 1.65 bits per heavy atom. The Balaban J connectivity index is 2.20. The summed E-state index contributed by atoms with van der Waals surface area (Å²) in [5.74, 6) is 1.49. The van der Waals surface area contributed by atoms with Crippen molar-refractivity contribution in [3.8, 4) is 0 Å². The number of hydrogen-bond acceptors (Lipinski definition) is 3. The molecule has 0 bridgehead atoms. The van der Waals surface area contributed by atoms with Crippen LogP contribution in [0.15, 0.2) is 22.8 Å². The van der Waals surface area contributed by atoms with Gasteiger partial charge in [-0.25, -0.2) is 0 Å². The Morgan fingerprint density at radius 3 is 3.00 bits per heavy atom. The number of rotatable bonds is 2. The highest BCUT2D eigenvalue weighted by atomic mass is 16.3. The Hall–Kier alpha value is -1.29. The fourth-order valence-corrected chi connectivity index (χ4v) is 2.42. The summed E-state index contributed by atoms with van der Waals surface area (Å²) < 4.78 is 5.45. The number of hydrogen-bond donors (Lipinski definition) is 1. The van der Waals surface area contributed by atoms with Gasteiger partial charge in [0.05, 0.1) is 18.3 Å². The molecule has 0 aliphatic carbocycles. The molecule has 0 aromatic carbocycles. The molecule has 1 saturated heterocycles. The van der Waals surface area contributed by atoms with E-state index in [1.54, 1.807) is 13.2 Å². The zero-order valence-electron chi connectivity index (χ0n) is 10.4. The van der Waals surface area contributed by atoms with Gasteiger partial charge in [-0.1, -0.05) is 6.92 Å². The lowest BCUT2D eigenvalue weighted by atomic mass is 9.90. The lowest BCUT2D eigenvalue weighted by Gasteiger charge is -2.38. The molecule has 1 aliphatic rings. The molecule has 1 amide bonds. The number of likely N-dealkylation sites (tertiary alicyclic amines) is 1. The van der Waals surface area contributed by atoms with Gasteiger partial charge in [0, 0.05) is 6.54 Å². The molecule has 94 valence electrons. The third-order valence-corrected chi connectivity index (χ3v) is 3.41. The number of carbonyl (C=O) groups is 1. The Morgan fingerprint density at radius 2 is 2.41 bits per heavy atom. The normalized spacial score (nSPS) is 26.9. The van der Waals surface area contributed by atoms with Crippen LogP contribution >= 0.6 is 0 Å². The van der Waals surface area contributed by atoms with Gasteiger partial charge >= 0.3 is 0 Å². The molecule has 3 atom stereocenters. The van der Waals surface area contributed by atoms with Gasteiger partial charge in [-0.3, -0.25) is 4.79 Å². The van der Waals surface area contributed by atoms with Crippen LogP contribution in [-0.2, 0) is 4.79 Å². The van der Waals surface area contributed by atoms with Crippen LogP contribution in [0.3, 0.4) is 0 Å². The maximum Gasteiger partial charge on any atom is 0.239 e. The summed E-state index contributed by atoms with van der Waals surface area (Å²) in [6, 6.07) is 3.40. The van der Waals surface area contributed by atoms with Gasteiger partial charge in [0.15, 0.2) is 0 Å². The molecule has 1 fully saturated rings. The van der Waals surface area contributed by atoms with E-state index in [0.717, 1.165) is 25.1 Å². The van der Waals surface area contributed by atoms with E-state index in [1.807, 2.05) is 17.0 Å². The van der Waals surface area contributed by atoms with Gasteiger partial charge < -0.3 is 15.1 Å². The van der Waals surface area contributed by atoms with Crippen LogP contribution in [0.25, 0.3) is 0 Å². The molecule has 2 N–H and O–H groups in total. The quantitative estimate of drug-likeness (QED) is 0.853. The molecule has 2 heterocycles. The summed E-state index contributed by atoms with van der Waals surface area (Å²) in [5, 5.41) is 0. The molecular weight excluding hydrogens is 216 g/mol. The van der Waals surface area contributed by atoms with Crippen molar-refractivity contribution in [2.45, 2.75) is 38.8 Å². The van der Waals surface area contributed by atoms with Gasteiger partial charge in [-0.2, -0.15) is 0 Å². The minimum absolute atomic E-state index is 0.0123. The van der Waals surface area contributed by atoms with E-state index in [4.69, 9.17) is 10.2 Å². The first-order valence-corrected chi connectivity index (χ1v) is 6.19. The minimum atomic E-state index is -0.444. The molecule has 3 unspecified atom stereocenters. The third kappa shape index (κ3) is 2.52. The van der Waals surface area contributed by atoms with Crippen molar-refractivity contribution in [2.24, 2.45) is 11.7 Å². The first kappa shape index (κ1) is 12.2. The van der Waals surface area contributed by atoms with Crippen LogP contribution < -0.4 is 5.73 Å². The second kappa shape index (κ2) is 4.92. The summed E-state index contributed by atoms with van der Waals surface area (Å²) in [5.41, 5.74) is 5.70. The van der Waals surface area contributed by atoms with E-state index in [1.165, 1.54) is 0 Å². The Kier molecular flexibility index (Phi) is 3.52. The van der Waals surface area contributed by atoms with E-state index < -0.39 is 6.04 Å². The van der Waals surface area contributed by atoms with E-state index in [9.17, 15) is 4.79 Å². The van der Waals surface area contributed by atoms with Gasteiger partial charge in [-0.05, 0) is 37.8 Å². The van der Waals surface area contributed by atoms with E-state index >= 15 is 0 Å². The first-order chi connectivity index (χ1) is 8.09. The number of furan rings is 1. The van der Waals surface area contributed by atoms with Crippen molar-refractivity contribution in [3.63, 3.8) is 0 Å². The molecule has 4 heteroatoms. The number of nitrogens with two attached hydrogens (primary N) is 1. The van der Waals surface area contributed by atoms with Crippen LogP contribution in [0, 0.1) is 5.92 Å². The van der Waals surface area contributed by atoms with E-state index in [-0.39, 0.29) is 11.9 Å². The second-order valence-electron chi connectivity index (χ2n) is 4.98. The molecule has 17 heavy (non-hydrogen) atoms. The standard InChI is InChI=1S/C13H20N2O2/c1-9-5-6-15(13(16)10(2)14)11(8-9)12-4-3-7-17-12/h3-4,7,9-11H,5-6,8,14H2,1-2H3. The zero-order valence-corrected chi connectivity index (χ0v) is 10.4. The highest BCUT2D eigenvalue weighted by Gasteiger charge is 2.33. The van der Waals surface area contributed by atoms with Crippen LogP contribution in [-0.4, -0.2) is 23.4 Å². The van der Waals surface area contributed by atoms with Crippen molar-refractivity contribution in [2.75, 3.05) is 6.54 Å². The molecule has 0 spiro atoms. The Bertz CT molecular complexity index is 373. The molecule has 0 radical (unpaired) electrons. The number of carbonyl (C=O) groups excluding carboxylic acids is 1. The summed E-state index contributed by atoms with van der Waals surface area (Å²) >= 11 is 0. The molecule has 2 rings (SSSR count). The van der Waals surface area contributed by atoms with Crippen molar-refractivity contribution in [1.29, 1.82) is 0 Å². The summed E-state index contributed by atoms with van der Waals surface area (Å²) in [7, 11) is 0. The predicted octanol–water partition coefficient (Wildman–Crippen LogP) is 1.93. The van der Waals surface area contributed by atoms with Crippen LogP contribution in [0.4, 0.5) is 0 Å². The van der Waals surface area contributed by atoms with Gasteiger partial charge in [-0.15, -0.1) is 0 Å². The fourth-order valence-electron chi connectivity index (χ4n) is 2.42. The summed E-state index contributed by atoms with van der Waals surface area (Å²) in [6.45, 7) is 4.72. The molecule has 1 aliphatic heterocycles. The fraction of sp³-hybridized carbons (Fsp3) is 0.615. The van der Waals surface area contributed by atoms with E-state index in [2.05, 4.69) is 6.92 Å². The lowest BCUT2D eigenvalue weighted by molar-refractivity contribution is -0.137. The van der Waals surface area contributed by atoms with E-state index in [0.29, 0.717) is 5.92 Å². The zero-order chi connectivity index (χ0) is 12.4. The molecule has 1 aromatic rings. The highest BCUT2D eigenvalue weighted by Crippen LogP contribution is 2.34. The van der Waals surface area contributed by atoms with Gasteiger partial charge in [0.2, 0.25) is 5.91 Å². The van der Waals surface area contributed by atoms with Gasteiger partial charge in [0.1, 0.15) is 5.76 Å². The maximum absolute atomic E-state index is 12.1. The Labute approximate surface area is 102 Å². The lowest BCUT2D eigenvalue weighted by Crippen LogP contribution is -2.47. The molecule has 1 aromatic heterocycles. The largest absolute Gasteiger partial charge is 0.467 e. The summed E-state index contributed by atoms with van der Waals surface area (Å²) in [4.78, 5) is 13.9. The topological polar surface area (TPSA) is 59.5 Å². The van der Waals surface area contributed by atoms with Crippen molar-refractivity contribution in [3.05, 3.63) is 24.2 Å². The van der Waals surface area contributed by atoms with Gasteiger partial charge in [0.25, 0.3) is 0 Å². The highest BCUT2D eigenvalue weighted by molar-refractivity contribution is 5.81. The van der Waals surface area contributed by atoms with Crippen molar-refractivity contribution < 1.29 is 9.21 Å². The smallest absolute Gasteiger partial charge is 0.239 e. The second-order valence-corrected chi connectivity index (χ2v) is 4.98. The monoisotopic (exact) mass is 236 g/mol. The predicted molar refractivity (Wildman–Crippen MR) is 65.2 cm³/mol. The van der Waals surface area contributed by atoms with Crippen LogP contribution in [0.5, 0.6) is 0 Å². The number of nitrogens with zero attached hydrogens (tertiary/aromatic N) is 1. The maximum atomic E-state index is 12.1. The molecule has 0 saturated carbocycles. The number of piperidine rings is 1. The average molecular weight is 236 g/mol. The average Bonchev–Trinajstić information content (AvgIpc) is 2.81. The molecular formula is C13H20N2O2. The van der Waals surface area contributed by atoms with Crippen molar-refractivity contribution >= 4 is 5.91 Å². The first-order valence-electron chi connectivity index (χ1n) is 6.19. The van der Waals surface area contributed by atoms with Crippen LogP contribution in [0.2, 0.25) is 0 Å². The third-order valence-electron chi connectivity index (χ3n) is 3.41. The summed E-state index contributed by atoms with van der Waals surface area (Å²) in [6.07, 6.45) is 3.64. The van der Waals surface area contributed by atoms with Crippen molar-refractivity contribution in [1.82, 2.24) is 4.90 Å². The molecule has 4 nitrogen and oxygen atoms in total.